The van der Waals surface area contributed by atoms with Gasteiger partial charge in [0.05, 0.1) is 6.61 Å². The van der Waals surface area contributed by atoms with Crippen molar-refractivity contribution in [1.29, 1.82) is 0 Å². The molecule has 0 spiro atoms. The van der Waals surface area contributed by atoms with E-state index in [-0.39, 0.29) is 5.97 Å². The van der Waals surface area contributed by atoms with Gasteiger partial charge < -0.3 is 15.0 Å². The first-order valence-electron chi connectivity index (χ1n) is 5.88. The van der Waals surface area contributed by atoms with E-state index in [2.05, 4.69) is 15.3 Å². The molecule has 0 aromatic carbocycles. The van der Waals surface area contributed by atoms with E-state index in [0.29, 0.717) is 12.2 Å². The molecule has 1 aliphatic rings. The number of esters is 1. The molecule has 0 aliphatic carbocycles. The molecule has 0 saturated carbocycles. The first-order chi connectivity index (χ1) is 8.22. The second-order valence-electron chi connectivity index (χ2n) is 4.00. The second-order valence-corrected chi connectivity index (χ2v) is 4.00. The van der Waals surface area contributed by atoms with Gasteiger partial charge in [0.2, 0.25) is 0 Å². The van der Waals surface area contributed by atoms with Crippen LogP contribution in [-0.4, -0.2) is 48.5 Å². The molecule has 1 fully saturated rings. The van der Waals surface area contributed by atoms with Crippen LogP contribution in [0.4, 0.5) is 5.82 Å². The van der Waals surface area contributed by atoms with Crippen molar-refractivity contribution in [3.63, 3.8) is 0 Å². The second kappa shape index (κ2) is 5.18. The summed E-state index contributed by atoms with van der Waals surface area (Å²) in [5, 5.41) is 7.62. The maximum absolute atomic E-state index is 11.8. The Kier molecular flexibility index (Phi) is 3.63. The number of aryl methyl sites for hydroxylation is 1. The number of piperazine rings is 1. The third kappa shape index (κ3) is 2.58. The molecule has 6 nitrogen and oxygen atoms in total. The van der Waals surface area contributed by atoms with Crippen LogP contribution in [0.2, 0.25) is 0 Å². The van der Waals surface area contributed by atoms with Crippen molar-refractivity contribution in [2.45, 2.75) is 6.92 Å². The summed E-state index contributed by atoms with van der Waals surface area (Å²) in [7, 11) is 1.81. The summed E-state index contributed by atoms with van der Waals surface area (Å²) in [4.78, 5) is 13.9. The summed E-state index contributed by atoms with van der Waals surface area (Å²) in [6, 6.07) is 0. The van der Waals surface area contributed by atoms with Crippen LogP contribution in [0.3, 0.4) is 0 Å². The summed E-state index contributed by atoms with van der Waals surface area (Å²) < 4.78 is 6.69. The molecule has 6 heteroatoms. The van der Waals surface area contributed by atoms with Crippen LogP contribution in [0.5, 0.6) is 0 Å². The monoisotopic (exact) mass is 238 g/mol. The summed E-state index contributed by atoms with van der Waals surface area (Å²) >= 11 is 0. The molecule has 2 rings (SSSR count). The Balaban J connectivity index is 2.22. The number of ether oxygens (including phenoxy) is 1. The lowest BCUT2D eigenvalue weighted by atomic mass is 10.3. The van der Waals surface area contributed by atoms with Crippen LogP contribution in [-0.2, 0) is 11.8 Å². The smallest absolute Gasteiger partial charge is 0.343 e. The number of carbonyl (C=O) groups excluding carboxylic acids is 1. The zero-order valence-corrected chi connectivity index (χ0v) is 10.3. The highest BCUT2D eigenvalue weighted by Crippen LogP contribution is 2.19. The van der Waals surface area contributed by atoms with Gasteiger partial charge in [-0.2, -0.15) is 5.10 Å². The summed E-state index contributed by atoms with van der Waals surface area (Å²) in [5.41, 5.74) is 0.552. The highest BCUT2D eigenvalue weighted by atomic mass is 16.5. The summed E-state index contributed by atoms with van der Waals surface area (Å²) in [6.07, 6.45) is 1.72. The molecule has 0 radical (unpaired) electrons. The SMILES string of the molecule is CCOC(=O)c1cn(C)nc1N1CCNCC1. The first-order valence-corrected chi connectivity index (χ1v) is 5.88. The lowest BCUT2D eigenvalue weighted by molar-refractivity contribution is 0.0527. The third-order valence-electron chi connectivity index (χ3n) is 2.72. The molecule has 1 saturated heterocycles. The fraction of sp³-hybridized carbons (Fsp3) is 0.636. The van der Waals surface area contributed by atoms with E-state index in [4.69, 9.17) is 4.74 Å². The van der Waals surface area contributed by atoms with Crippen molar-refractivity contribution in [1.82, 2.24) is 15.1 Å². The van der Waals surface area contributed by atoms with E-state index >= 15 is 0 Å². The molecular formula is C11H18N4O2. The van der Waals surface area contributed by atoms with Gasteiger partial charge in [0, 0.05) is 39.4 Å². The van der Waals surface area contributed by atoms with Crippen molar-refractivity contribution in [2.24, 2.45) is 7.05 Å². The molecule has 17 heavy (non-hydrogen) atoms. The molecule has 0 bridgehead atoms. The van der Waals surface area contributed by atoms with Crippen molar-refractivity contribution >= 4 is 11.8 Å². The Morgan fingerprint density at radius 2 is 2.24 bits per heavy atom. The normalized spacial score (nSPS) is 16.0. The number of aromatic nitrogens is 2. The minimum absolute atomic E-state index is 0.297. The quantitative estimate of drug-likeness (QED) is 0.751. The van der Waals surface area contributed by atoms with Crippen molar-refractivity contribution < 1.29 is 9.53 Å². The number of anilines is 1. The zero-order valence-electron chi connectivity index (χ0n) is 10.3. The summed E-state index contributed by atoms with van der Waals surface area (Å²) in [5.74, 6) is 0.432. The minimum atomic E-state index is -0.297. The van der Waals surface area contributed by atoms with E-state index in [9.17, 15) is 4.79 Å². The lowest BCUT2D eigenvalue weighted by Gasteiger charge is -2.27. The molecule has 0 atom stereocenters. The average molecular weight is 238 g/mol. The minimum Gasteiger partial charge on any atom is -0.462 e. The van der Waals surface area contributed by atoms with Crippen LogP contribution >= 0.6 is 0 Å². The predicted molar refractivity (Wildman–Crippen MR) is 64.2 cm³/mol. The highest BCUT2D eigenvalue weighted by molar-refractivity contribution is 5.94. The van der Waals surface area contributed by atoms with Gasteiger partial charge in [-0.15, -0.1) is 0 Å². The van der Waals surface area contributed by atoms with Gasteiger partial charge in [-0.1, -0.05) is 0 Å². The van der Waals surface area contributed by atoms with Crippen LogP contribution in [0.1, 0.15) is 17.3 Å². The molecule has 1 aromatic heterocycles. The molecule has 0 unspecified atom stereocenters. The van der Waals surface area contributed by atoms with Gasteiger partial charge in [-0.05, 0) is 6.92 Å². The largest absolute Gasteiger partial charge is 0.462 e. The fourth-order valence-corrected chi connectivity index (χ4v) is 1.94. The third-order valence-corrected chi connectivity index (χ3v) is 2.72. The van der Waals surface area contributed by atoms with Gasteiger partial charge in [0.25, 0.3) is 0 Å². The van der Waals surface area contributed by atoms with Crippen molar-refractivity contribution in [3.05, 3.63) is 11.8 Å². The van der Waals surface area contributed by atoms with Crippen LogP contribution in [0, 0.1) is 0 Å². The van der Waals surface area contributed by atoms with Crippen molar-refractivity contribution in [3.8, 4) is 0 Å². The Hall–Kier alpha value is -1.56. The topological polar surface area (TPSA) is 59.4 Å². The number of carbonyl (C=O) groups is 1. The molecule has 1 N–H and O–H groups in total. The lowest BCUT2D eigenvalue weighted by Crippen LogP contribution is -2.44. The van der Waals surface area contributed by atoms with E-state index in [1.165, 1.54) is 0 Å². The molecule has 1 aliphatic heterocycles. The van der Waals surface area contributed by atoms with E-state index in [0.717, 1.165) is 32.0 Å². The zero-order chi connectivity index (χ0) is 12.3. The van der Waals surface area contributed by atoms with Crippen LogP contribution in [0.15, 0.2) is 6.20 Å². The number of hydrogen-bond acceptors (Lipinski definition) is 5. The average Bonchev–Trinajstić information content (AvgIpc) is 2.73. The molecule has 1 aromatic rings. The van der Waals surface area contributed by atoms with E-state index < -0.39 is 0 Å². The Labute approximate surface area is 101 Å². The fourth-order valence-electron chi connectivity index (χ4n) is 1.94. The molecule has 94 valence electrons. The predicted octanol–water partition coefficient (Wildman–Crippen LogP) is 0.00640. The van der Waals surface area contributed by atoms with Gasteiger partial charge in [0.1, 0.15) is 5.56 Å². The maximum atomic E-state index is 11.8. The number of hydrogen-bond donors (Lipinski definition) is 1. The standard InChI is InChI=1S/C11H18N4O2/c1-3-17-11(16)9-8-14(2)13-10(9)15-6-4-12-5-7-15/h8,12H,3-7H2,1-2H3. The number of nitrogens with one attached hydrogen (secondary N) is 1. The van der Waals surface area contributed by atoms with Crippen molar-refractivity contribution in [2.75, 3.05) is 37.7 Å². The first kappa shape index (κ1) is 11.9. The highest BCUT2D eigenvalue weighted by Gasteiger charge is 2.22. The molecule has 0 amide bonds. The van der Waals surface area contributed by atoms with E-state index in [1.807, 2.05) is 7.05 Å². The molecular weight excluding hydrogens is 220 g/mol. The Morgan fingerprint density at radius 1 is 1.53 bits per heavy atom. The number of nitrogens with zero attached hydrogens (tertiary/aromatic N) is 3. The van der Waals surface area contributed by atoms with Gasteiger partial charge in [0.15, 0.2) is 5.82 Å². The van der Waals surface area contributed by atoms with Gasteiger partial charge >= 0.3 is 5.97 Å². The Bertz CT molecular complexity index is 396. The Morgan fingerprint density at radius 3 is 2.88 bits per heavy atom. The summed E-state index contributed by atoms with van der Waals surface area (Å²) in [6.45, 7) is 5.75. The van der Waals surface area contributed by atoms with E-state index in [1.54, 1.807) is 17.8 Å². The number of rotatable bonds is 3. The van der Waals surface area contributed by atoms with Crippen LogP contribution in [0.25, 0.3) is 0 Å². The van der Waals surface area contributed by atoms with Gasteiger partial charge in [-0.3, -0.25) is 4.68 Å². The maximum Gasteiger partial charge on any atom is 0.343 e. The van der Waals surface area contributed by atoms with Gasteiger partial charge in [-0.25, -0.2) is 4.79 Å². The van der Waals surface area contributed by atoms with Crippen LogP contribution < -0.4 is 10.2 Å². The molecule has 2 heterocycles.